The van der Waals surface area contributed by atoms with E-state index < -0.39 is 8.07 Å². The predicted octanol–water partition coefficient (Wildman–Crippen LogP) is 9.01. The number of nitrogens with zero attached hydrogens (tertiary/aromatic N) is 3. The first-order valence-corrected chi connectivity index (χ1v) is 18.4. The summed E-state index contributed by atoms with van der Waals surface area (Å²) in [7, 11) is -2.00. The van der Waals surface area contributed by atoms with Crippen molar-refractivity contribution < 1.29 is 0 Å². The molecule has 0 aliphatic carbocycles. The van der Waals surface area contributed by atoms with Crippen molar-refractivity contribution in [3.05, 3.63) is 152 Å². The fourth-order valence-electron chi connectivity index (χ4n) is 6.70. The van der Waals surface area contributed by atoms with E-state index in [-0.39, 0.29) is 0 Å². The van der Waals surface area contributed by atoms with Crippen molar-refractivity contribution in [2.75, 3.05) is 0 Å². The third kappa shape index (κ3) is 4.80. The number of hydrogen-bond donors (Lipinski definition) is 0. The van der Waals surface area contributed by atoms with Crippen LogP contribution in [0.15, 0.2) is 152 Å². The number of benzene rings is 6. The molecule has 0 saturated heterocycles. The third-order valence-corrected chi connectivity index (χ3v) is 12.5. The van der Waals surface area contributed by atoms with E-state index in [1.54, 1.807) is 0 Å². The molecule has 45 heavy (non-hydrogen) atoms. The molecule has 0 spiro atoms. The average Bonchev–Trinajstić information content (AvgIpc) is 3.35. The lowest BCUT2D eigenvalue weighted by Crippen LogP contribution is -2.50. The molecule has 0 fully saturated rings. The molecule has 2 heterocycles. The van der Waals surface area contributed by atoms with Crippen molar-refractivity contribution in [1.82, 2.24) is 15.0 Å². The lowest BCUT2D eigenvalue weighted by atomic mass is 10.0. The molecule has 1 aromatic heterocycles. The van der Waals surface area contributed by atoms with Crippen LogP contribution in [-0.4, -0.2) is 23.0 Å². The van der Waals surface area contributed by atoms with Gasteiger partial charge in [-0.05, 0) is 49.8 Å². The van der Waals surface area contributed by atoms with Gasteiger partial charge in [0.25, 0.3) is 0 Å². The Morgan fingerprint density at radius 3 is 1.56 bits per heavy atom. The van der Waals surface area contributed by atoms with Gasteiger partial charge >= 0.3 is 0 Å². The number of aromatic nitrogens is 3. The second kappa shape index (κ2) is 10.9. The highest BCUT2D eigenvalue weighted by Gasteiger charge is 2.39. The normalized spacial score (nSPS) is 12.8. The fraction of sp³-hybridized carbons (Fsp3) is 0.0488. The van der Waals surface area contributed by atoms with Crippen molar-refractivity contribution in [2.45, 2.75) is 13.1 Å². The first-order chi connectivity index (χ1) is 22.1. The maximum Gasteiger partial charge on any atom is 0.164 e. The van der Waals surface area contributed by atoms with Crippen LogP contribution in [0.3, 0.4) is 0 Å². The molecule has 4 heteroatoms. The van der Waals surface area contributed by atoms with Crippen LogP contribution in [0.4, 0.5) is 0 Å². The van der Waals surface area contributed by atoms with Gasteiger partial charge in [-0.1, -0.05) is 159 Å². The molecule has 7 aromatic rings. The average molecular weight is 594 g/mol. The van der Waals surface area contributed by atoms with Gasteiger partial charge in [-0.3, -0.25) is 0 Å². The van der Waals surface area contributed by atoms with E-state index in [4.69, 9.17) is 15.0 Å². The quantitative estimate of drug-likeness (QED) is 0.187. The highest BCUT2D eigenvalue weighted by atomic mass is 28.3. The molecule has 3 nitrogen and oxygen atoms in total. The SMILES string of the molecule is C[Si]1(C)c2ccccc2-c2cccc(-c3nc(-c4ccc(-c5ccccc5)cc4)nc(-c4cccc(-c5ccccc5)c4)n3)c21. The van der Waals surface area contributed by atoms with E-state index in [1.165, 1.54) is 27.1 Å². The summed E-state index contributed by atoms with van der Waals surface area (Å²) in [5, 5.41) is 2.86. The highest BCUT2D eigenvalue weighted by Crippen LogP contribution is 2.34. The van der Waals surface area contributed by atoms with Gasteiger partial charge in [0.2, 0.25) is 0 Å². The standard InChI is InChI=1S/C41H31N3Si/c1-45(2)37-22-10-9-19-34(37)35-20-12-21-36(38(35)45)41-43-39(31-25-23-30(24-26-31)28-13-5-3-6-14-28)42-40(44-41)33-18-11-17-32(27-33)29-15-7-4-8-16-29/h3-27H,1-2H3. The van der Waals surface area contributed by atoms with Crippen molar-refractivity contribution in [3.63, 3.8) is 0 Å². The number of hydrogen-bond acceptors (Lipinski definition) is 3. The molecular formula is C41H31N3Si. The Morgan fingerprint density at radius 2 is 0.822 bits per heavy atom. The molecule has 0 amide bonds. The van der Waals surface area contributed by atoms with Crippen LogP contribution in [0.1, 0.15) is 0 Å². The first kappa shape index (κ1) is 27.1. The molecule has 0 unspecified atom stereocenters. The van der Waals surface area contributed by atoms with Crippen LogP contribution in [-0.2, 0) is 0 Å². The maximum absolute atomic E-state index is 5.21. The van der Waals surface area contributed by atoms with Gasteiger partial charge in [0, 0.05) is 16.7 Å². The molecule has 0 bridgehead atoms. The minimum atomic E-state index is -2.00. The molecule has 0 atom stereocenters. The zero-order valence-electron chi connectivity index (χ0n) is 25.3. The Kier molecular flexibility index (Phi) is 6.58. The van der Waals surface area contributed by atoms with E-state index in [2.05, 4.69) is 153 Å². The molecule has 0 radical (unpaired) electrons. The largest absolute Gasteiger partial charge is 0.208 e. The van der Waals surface area contributed by atoms with Gasteiger partial charge < -0.3 is 0 Å². The third-order valence-electron chi connectivity index (χ3n) is 8.93. The van der Waals surface area contributed by atoms with Crippen molar-refractivity contribution in [2.24, 2.45) is 0 Å². The van der Waals surface area contributed by atoms with Gasteiger partial charge in [0.15, 0.2) is 17.5 Å². The van der Waals surface area contributed by atoms with E-state index in [9.17, 15) is 0 Å². The fourth-order valence-corrected chi connectivity index (χ4v) is 10.1. The summed E-state index contributed by atoms with van der Waals surface area (Å²) in [6, 6.07) is 53.4. The molecule has 1 aliphatic rings. The number of fused-ring (bicyclic) bond motifs is 3. The Hall–Kier alpha value is -5.45. The minimum absolute atomic E-state index is 0.673. The molecule has 1 aliphatic heterocycles. The second-order valence-electron chi connectivity index (χ2n) is 12.1. The monoisotopic (exact) mass is 593 g/mol. The molecule has 0 saturated carbocycles. The van der Waals surface area contributed by atoms with Crippen LogP contribution in [0.25, 0.3) is 67.5 Å². The summed E-state index contributed by atoms with van der Waals surface area (Å²) in [5.74, 6) is 2.07. The van der Waals surface area contributed by atoms with Crippen molar-refractivity contribution >= 4 is 18.4 Å². The first-order valence-electron chi connectivity index (χ1n) is 15.4. The van der Waals surface area contributed by atoms with Crippen molar-refractivity contribution in [1.29, 1.82) is 0 Å². The highest BCUT2D eigenvalue weighted by molar-refractivity contribution is 7.04. The molecular weight excluding hydrogens is 563 g/mol. The summed E-state index contributed by atoms with van der Waals surface area (Å²) in [4.78, 5) is 15.5. The van der Waals surface area contributed by atoms with Gasteiger partial charge in [0.05, 0.1) is 0 Å². The van der Waals surface area contributed by atoms with Crippen LogP contribution in [0, 0.1) is 0 Å². The second-order valence-corrected chi connectivity index (χ2v) is 16.4. The van der Waals surface area contributed by atoms with Crippen LogP contribution >= 0.6 is 0 Å². The van der Waals surface area contributed by atoms with Crippen LogP contribution in [0.5, 0.6) is 0 Å². The molecule has 0 N–H and O–H groups in total. The van der Waals surface area contributed by atoms with Crippen molar-refractivity contribution in [3.8, 4) is 67.5 Å². The molecule has 6 aromatic carbocycles. The zero-order chi connectivity index (χ0) is 30.4. The summed E-state index contributed by atoms with van der Waals surface area (Å²) in [5.41, 5.74) is 10.3. The van der Waals surface area contributed by atoms with Crippen LogP contribution in [0.2, 0.25) is 13.1 Å². The lowest BCUT2D eigenvalue weighted by molar-refractivity contribution is 1.08. The molecule has 8 rings (SSSR count). The van der Waals surface area contributed by atoms with Gasteiger partial charge in [0.1, 0.15) is 8.07 Å². The predicted molar refractivity (Wildman–Crippen MR) is 189 cm³/mol. The number of rotatable bonds is 5. The minimum Gasteiger partial charge on any atom is -0.208 e. The smallest absolute Gasteiger partial charge is 0.164 e. The summed E-state index contributed by atoms with van der Waals surface area (Å²) < 4.78 is 0. The summed E-state index contributed by atoms with van der Waals surface area (Å²) in [6.45, 7) is 4.88. The Bertz CT molecular complexity index is 2170. The van der Waals surface area contributed by atoms with E-state index in [0.29, 0.717) is 11.6 Å². The Morgan fingerprint density at radius 1 is 0.356 bits per heavy atom. The van der Waals surface area contributed by atoms with E-state index in [0.717, 1.165) is 39.2 Å². The summed E-state index contributed by atoms with van der Waals surface area (Å²) in [6.07, 6.45) is 0. The van der Waals surface area contributed by atoms with Gasteiger partial charge in [-0.25, -0.2) is 15.0 Å². The Balaban J connectivity index is 1.31. The van der Waals surface area contributed by atoms with Crippen LogP contribution < -0.4 is 10.4 Å². The van der Waals surface area contributed by atoms with Gasteiger partial charge in [-0.15, -0.1) is 0 Å². The maximum atomic E-state index is 5.21. The van der Waals surface area contributed by atoms with E-state index in [1.807, 2.05) is 12.1 Å². The zero-order valence-corrected chi connectivity index (χ0v) is 26.3. The topological polar surface area (TPSA) is 38.7 Å². The van der Waals surface area contributed by atoms with E-state index >= 15 is 0 Å². The van der Waals surface area contributed by atoms with Gasteiger partial charge in [-0.2, -0.15) is 0 Å². The summed E-state index contributed by atoms with van der Waals surface area (Å²) >= 11 is 0. The lowest BCUT2D eigenvalue weighted by Gasteiger charge is -2.22. The molecule has 214 valence electrons. The Labute approximate surface area is 265 Å².